The molecule has 1 aromatic heterocycles. The van der Waals surface area contributed by atoms with Gasteiger partial charge in [0.25, 0.3) is 0 Å². The topological polar surface area (TPSA) is 83.7 Å². The maximum atomic E-state index is 12.2. The number of guanidine groups is 1. The Bertz CT molecular complexity index is 831. The fraction of sp³-hybridized carbons (Fsp3) is 0.526. The van der Waals surface area contributed by atoms with E-state index in [0.717, 1.165) is 16.7 Å². The lowest BCUT2D eigenvalue weighted by Gasteiger charge is -2.19. The molecule has 0 saturated heterocycles. The minimum Gasteiger partial charge on any atom is -0.459 e. The van der Waals surface area contributed by atoms with Crippen LogP contribution in [0.3, 0.4) is 0 Å². The van der Waals surface area contributed by atoms with E-state index in [1.807, 2.05) is 44.2 Å². The summed E-state index contributed by atoms with van der Waals surface area (Å²) in [6, 6.07) is 9.75. The van der Waals surface area contributed by atoms with Crippen LogP contribution in [0.2, 0.25) is 0 Å². The number of benzene rings is 1. The molecule has 2 N–H and O–H groups in total. The standard InChI is InChI=1S/C19H29N3O3S/c1-6-20-18(21-11-12-26(23,24)19(3,4)5)22-14(2)17-13-15-9-7-8-10-16(15)25-17/h7-10,13-14H,6,11-12H2,1-5H3,(H2,20,21,22). The highest BCUT2D eigenvalue weighted by Crippen LogP contribution is 2.23. The highest BCUT2D eigenvalue weighted by atomic mass is 32.2. The first-order valence-corrected chi connectivity index (χ1v) is 10.5. The molecule has 0 fully saturated rings. The average Bonchev–Trinajstić information content (AvgIpc) is 2.98. The second-order valence-electron chi connectivity index (χ2n) is 7.24. The summed E-state index contributed by atoms with van der Waals surface area (Å²) in [6.07, 6.45) is 0. The van der Waals surface area contributed by atoms with Gasteiger partial charge in [-0.25, -0.2) is 8.42 Å². The second kappa shape index (κ2) is 8.12. The number of rotatable bonds is 6. The van der Waals surface area contributed by atoms with Crippen molar-refractivity contribution in [2.75, 3.05) is 18.8 Å². The number of nitrogens with one attached hydrogen (secondary N) is 2. The van der Waals surface area contributed by atoms with Gasteiger partial charge in [-0.05, 0) is 46.8 Å². The average molecular weight is 380 g/mol. The molecular formula is C19H29N3O3S. The highest BCUT2D eigenvalue weighted by Gasteiger charge is 2.28. The summed E-state index contributed by atoms with van der Waals surface area (Å²) < 4.78 is 29.5. The maximum absolute atomic E-state index is 12.2. The van der Waals surface area contributed by atoms with Crippen LogP contribution in [-0.2, 0) is 9.84 Å². The largest absolute Gasteiger partial charge is 0.459 e. The quantitative estimate of drug-likeness (QED) is 0.594. The predicted molar refractivity (Wildman–Crippen MR) is 107 cm³/mol. The summed E-state index contributed by atoms with van der Waals surface area (Å²) in [5, 5.41) is 7.47. The Balaban J connectivity index is 2.06. The molecule has 6 nitrogen and oxygen atoms in total. The molecule has 7 heteroatoms. The molecule has 0 aliphatic carbocycles. The van der Waals surface area contributed by atoms with Gasteiger partial charge in [0.15, 0.2) is 15.8 Å². The summed E-state index contributed by atoms with van der Waals surface area (Å²) in [4.78, 5) is 4.41. The molecule has 2 aromatic rings. The van der Waals surface area contributed by atoms with E-state index in [0.29, 0.717) is 12.5 Å². The fourth-order valence-corrected chi connectivity index (χ4v) is 3.34. The van der Waals surface area contributed by atoms with Crippen LogP contribution in [0.1, 0.15) is 46.4 Å². The molecule has 0 aliphatic heterocycles. The smallest absolute Gasteiger partial charge is 0.191 e. The first kappa shape index (κ1) is 20.3. The summed E-state index contributed by atoms with van der Waals surface area (Å²) in [5.41, 5.74) is 0.842. The lowest BCUT2D eigenvalue weighted by atomic mass is 10.2. The van der Waals surface area contributed by atoms with Crippen LogP contribution in [0.5, 0.6) is 0 Å². The second-order valence-corrected chi connectivity index (χ2v) is 10.1. The molecule has 1 unspecified atom stereocenters. The summed E-state index contributed by atoms with van der Waals surface area (Å²) in [7, 11) is -3.19. The Morgan fingerprint density at radius 1 is 1.27 bits per heavy atom. The van der Waals surface area contributed by atoms with Crippen molar-refractivity contribution in [3.63, 3.8) is 0 Å². The van der Waals surface area contributed by atoms with Crippen molar-refractivity contribution >= 4 is 26.8 Å². The van der Waals surface area contributed by atoms with Crippen LogP contribution >= 0.6 is 0 Å². The van der Waals surface area contributed by atoms with Crippen LogP contribution in [0, 0.1) is 0 Å². The van der Waals surface area contributed by atoms with Crippen molar-refractivity contribution in [1.82, 2.24) is 10.6 Å². The first-order valence-electron chi connectivity index (χ1n) is 8.89. The van der Waals surface area contributed by atoms with E-state index >= 15 is 0 Å². The van der Waals surface area contributed by atoms with Gasteiger partial charge in [0, 0.05) is 11.9 Å². The number of para-hydroxylation sites is 1. The van der Waals surface area contributed by atoms with E-state index in [1.165, 1.54) is 0 Å². The molecule has 1 aromatic carbocycles. The van der Waals surface area contributed by atoms with E-state index in [2.05, 4.69) is 15.6 Å². The van der Waals surface area contributed by atoms with E-state index in [4.69, 9.17) is 4.42 Å². The molecule has 1 atom stereocenters. The van der Waals surface area contributed by atoms with Crippen molar-refractivity contribution in [1.29, 1.82) is 0 Å². The third kappa shape index (κ3) is 5.00. The zero-order chi connectivity index (χ0) is 19.4. The predicted octanol–water partition coefficient (Wildman–Crippen LogP) is 3.26. The zero-order valence-corrected chi connectivity index (χ0v) is 17.0. The molecule has 0 saturated carbocycles. The van der Waals surface area contributed by atoms with Crippen molar-refractivity contribution in [2.45, 2.75) is 45.4 Å². The van der Waals surface area contributed by atoms with Gasteiger partial charge in [-0.1, -0.05) is 18.2 Å². The van der Waals surface area contributed by atoms with Gasteiger partial charge in [-0.15, -0.1) is 0 Å². The SMILES string of the molecule is CCNC(=NCCS(=O)(=O)C(C)(C)C)NC(C)c1cc2ccccc2o1. The Kier molecular flexibility index (Phi) is 6.34. The Hall–Kier alpha value is -2.02. The number of fused-ring (bicyclic) bond motifs is 1. The number of sulfone groups is 1. The molecule has 0 radical (unpaired) electrons. The number of hydrogen-bond acceptors (Lipinski definition) is 4. The molecule has 26 heavy (non-hydrogen) atoms. The molecule has 2 rings (SSSR count). The van der Waals surface area contributed by atoms with Gasteiger partial charge >= 0.3 is 0 Å². The third-order valence-corrected chi connectivity index (χ3v) is 6.72. The lowest BCUT2D eigenvalue weighted by Crippen LogP contribution is -2.39. The first-order chi connectivity index (χ1) is 12.1. The number of aliphatic imine (C=N–C) groups is 1. The van der Waals surface area contributed by atoms with Gasteiger partial charge < -0.3 is 15.1 Å². The molecular weight excluding hydrogens is 350 g/mol. The minimum atomic E-state index is -3.19. The summed E-state index contributed by atoms with van der Waals surface area (Å²) in [6.45, 7) is 9.97. The van der Waals surface area contributed by atoms with Gasteiger partial charge in [0.2, 0.25) is 0 Å². The van der Waals surface area contributed by atoms with Crippen molar-refractivity contribution in [3.05, 3.63) is 36.1 Å². The Morgan fingerprint density at radius 2 is 1.96 bits per heavy atom. The minimum absolute atomic E-state index is 0.0199. The van der Waals surface area contributed by atoms with Crippen LogP contribution in [0.4, 0.5) is 0 Å². The van der Waals surface area contributed by atoms with E-state index < -0.39 is 14.6 Å². The van der Waals surface area contributed by atoms with E-state index in [-0.39, 0.29) is 18.3 Å². The Labute approximate surface area is 156 Å². The highest BCUT2D eigenvalue weighted by molar-refractivity contribution is 7.92. The van der Waals surface area contributed by atoms with Crippen molar-refractivity contribution < 1.29 is 12.8 Å². The molecule has 144 valence electrons. The maximum Gasteiger partial charge on any atom is 0.191 e. The van der Waals surface area contributed by atoms with Crippen LogP contribution in [0.25, 0.3) is 11.0 Å². The molecule has 1 heterocycles. The third-order valence-electron chi connectivity index (χ3n) is 4.13. The van der Waals surface area contributed by atoms with Gasteiger partial charge in [-0.2, -0.15) is 0 Å². The molecule has 0 aliphatic rings. The summed E-state index contributed by atoms with van der Waals surface area (Å²) >= 11 is 0. The normalized spacial score (nSPS) is 14.4. The van der Waals surface area contributed by atoms with Crippen molar-refractivity contribution in [2.24, 2.45) is 4.99 Å². The number of hydrogen-bond donors (Lipinski definition) is 2. The molecule has 0 amide bonds. The zero-order valence-electron chi connectivity index (χ0n) is 16.2. The van der Waals surface area contributed by atoms with Crippen LogP contribution in [-0.4, -0.2) is 38.0 Å². The summed E-state index contributed by atoms with van der Waals surface area (Å²) in [5.74, 6) is 1.40. The molecule has 0 bridgehead atoms. The van der Waals surface area contributed by atoms with Gasteiger partial charge in [0.1, 0.15) is 11.3 Å². The van der Waals surface area contributed by atoms with E-state index in [9.17, 15) is 8.42 Å². The monoisotopic (exact) mass is 379 g/mol. The Morgan fingerprint density at radius 3 is 2.58 bits per heavy atom. The van der Waals surface area contributed by atoms with Gasteiger partial charge in [0.05, 0.1) is 23.1 Å². The fourth-order valence-electron chi connectivity index (χ4n) is 2.40. The lowest BCUT2D eigenvalue weighted by molar-refractivity contribution is 0.488. The van der Waals surface area contributed by atoms with E-state index in [1.54, 1.807) is 20.8 Å². The number of nitrogens with zero attached hydrogens (tertiary/aromatic N) is 1. The number of furan rings is 1. The van der Waals surface area contributed by atoms with Gasteiger partial charge in [-0.3, -0.25) is 4.99 Å². The van der Waals surface area contributed by atoms with Crippen molar-refractivity contribution in [3.8, 4) is 0 Å². The molecule has 0 spiro atoms. The van der Waals surface area contributed by atoms with Crippen LogP contribution < -0.4 is 10.6 Å². The van der Waals surface area contributed by atoms with Crippen LogP contribution in [0.15, 0.2) is 39.7 Å².